The summed E-state index contributed by atoms with van der Waals surface area (Å²) in [6.07, 6.45) is 0. The number of amides is 1. The highest BCUT2D eigenvalue weighted by atomic mass is 32.1. The summed E-state index contributed by atoms with van der Waals surface area (Å²) in [5.74, 6) is 0.638. The molecule has 152 valence electrons. The third-order valence-electron chi connectivity index (χ3n) is 4.62. The van der Waals surface area contributed by atoms with E-state index in [0.717, 1.165) is 29.5 Å². The number of aromatic nitrogens is 1. The zero-order valence-electron chi connectivity index (χ0n) is 17.1. The van der Waals surface area contributed by atoms with Crippen molar-refractivity contribution in [3.8, 4) is 22.8 Å². The lowest BCUT2D eigenvalue weighted by atomic mass is 10.1. The van der Waals surface area contributed by atoms with Crippen molar-refractivity contribution in [1.29, 1.82) is 0 Å². The Morgan fingerprint density at radius 1 is 1.03 bits per heavy atom. The van der Waals surface area contributed by atoms with E-state index in [9.17, 15) is 4.79 Å². The standard InChI is InChI=1S/C22H25N3O3S/c1-5-25(6-2)22-24-17(14-29-22)15-10-12-16(13-11-15)23-21(26)20-18(27-3)8-7-9-19(20)28-4/h7-14H,5-6H2,1-4H3,(H,23,26). The first-order valence-corrected chi connectivity index (χ1v) is 10.3. The van der Waals surface area contributed by atoms with Gasteiger partial charge in [-0.25, -0.2) is 4.98 Å². The molecule has 0 saturated carbocycles. The topological polar surface area (TPSA) is 63.7 Å². The molecule has 3 aromatic rings. The number of carbonyl (C=O) groups excluding carboxylic acids is 1. The second-order valence-corrected chi connectivity index (χ2v) is 7.09. The fourth-order valence-corrected chi connectivity index (χ4v) is 3.99. The SMILES string of the molecule is CCN(CC)c1nc(-c2ccc(NC(=O)c3c(OC)cccc3OC)cc2)cs1. The molecule has 29 heavy (non-hydrogen) atoms. The van der Waals surface area contributed by atoms with Crippen LogP contribution in [-0.4, -0.2) is 38.2 Å². The summed E-state index contributed by atoms with van der Waals surface area (Å²) in [5, 5.41) is 5.98. The van der Waals surface area contributed by atoms with Gasteiger partial charge >= 0.3 is 0 Å². The quantitative estimate of drug-likeness (QED) is 0.570. The Hall–Kier alpha value is -3.06. The first-order valence-electron chi connectivity index (χ1n) is 9.44. The number of anilines is 2. The minimum atomic E-state index is -0.287. The summed E-state index contributed by atoms with van der Waals surface area (Å²) < 4.78 is 10.6. The molecule has 0 aliphatic carbocycles. The highest BCUT2D eigenvalue weighted by Crippen LogP contribution is 2.30. The maximum absolute atomic E-state index is 12.8. The Morgan fingerprint density at radius 2 is 1.66 bits per heavy atom. The van der Waals surface area contributed by atoms with E-state index >= 15 is 0 Å². The Bertz CT molecular complexity index is 943. The number of thiazole rings is 1. The van der Waals surface area contributed by atoms with Gasteiger partial charge in [0.2, 0.25) is 0 Å². The van der Waals surface area contributed by atoms with E-state index in [4.69, 9.17) is 14.5 Å². The van der Waals surface area contributed by atoms with Gasteiger partial charge in [0.05, 0.1) is 19.9 Å². The molecule has 6 nitrogen and oxygen atoms in total. The molecular weight excluding hydrogens is 386 g/mol. The Labute approximate surface area is 175 Å². The van der Waals surface area contributed by atoms with E-state index in [1.165, 1.54) is 14.2 Å². The number of rotatable bonds is 8. The van der Waals surface area contributed by atoms with Crippen LogP contribution in [0.25, 0.3) is 11.3 Å². The van der Waals surface area contributed by atoms with Crippen LogP contribution in [0, 0.1) is 0 Å². The minimum absolute atomic E-state index is 0.287. The molecular formula is C22H25N3O3S. The van der Waals surface area contributed by atoms with Gasteiger partial charge in [-0.1, -0.05) is 18.2 Å². The van der Waals surface area contributed by atoms with Gasteiger partial charge in [0.15, 0.2) is 5.13 Å². The van der Waals surface area contributed by atoms with Gasteiger partial charge in [-0.15, -0.1) is 11.3 Å². The first-order chi connectivity index (χ1) is 14.1. The molecule has 0 unspecified atom stereocenters. The fraction of sp³-hybridized carbons (Fsp3) is 0.273. The van der Waals surface area contributed by atoms with Crippen molar-refractivity contribution >= 4 is 28.1 Å². The van der Waals surface area contributed by atoms with Crippen LogP contribution < -0.4 is 19.7 Å². The molecule has 0 bridgehead atoms. The van der Waals surface area contributed by atoms with Gasteiger partial charge in [-0.05, 0) is 38.1 Å². The summed E-state index contributed by atoms with van der Waals surface area (Å²) in [5.41, 5.74) is 2.99. The molecule has 1 amide bonds. The largest absolute Gasteiger partial charge is 0.496 e. The predicted octanol–water partition coefficient (Wildman–Crippen LogP) is 4.93. The molecule has 1 aromatic heterocycles. The molecule has 0 atom stereocenters. The van der Waals surface area contributed by atoms with E-state index < -0.39 is 0 Å². The van der Waals surface area contributed by atoms with Gasteiger partial charge in [0, 0.05) is 29.7 Å². The van der Waals surface area contributed by atoms with Crippen molar-refractivity contribution in [3.63, 3.8) is 0 Å². The van der Waals surface area contributed by atoms with Crippen molar-refractivity contribution in [1.82, 2.24) is 4.98 Å². The maximum atomic E-state index is 12.8. The van der Waals surface area contributed by atoms with Gasteiger partial charge in [0.1, 0.15) is 17.1 Å². The van der Waals surface area contributed by atoms with Crippen molar-refractivity contribution in [3.05, 3.63) is 53.4 Å². The van der Waals surface area contributed by atoms with Crippen LogP contribution >= 0.6 is 11.3 Å². The molecule has 0 spiro atoms. The molecule has 0 aliphatic heterocycles. The molecule has 1 N–H and O–H groups in total. The zero-order valence-corrected chi connectivity index (χ0v) is 17.9. The lowest BCUT2D eigenvalue weighted by Crippen LogP contribution is -2.21. The lowest BCUT2D eigenvalue weighted by molar-refractivity contribution is 0.102. The number of nitrogens with one attached hydrogen (secondary N) is 1. The number of benzene rings is 2. The molecule has 0 radical (unpaired) electrons. The van der Waals surface area contributed by atoms with Gasteiger partial charge < -0.3 is 19.7 Å². The summed E-state index contributed by atoms with van der Waals surface area (Å²) in [7, 11) is 3.06. The average molecular weight is 412 g/mol. The molecule has 2 aromatic carbocycles. The number of hydrogen-bond donors (Lipinski definition) is 1. The number of hydrogen-bond acceptors (Lipinski definition) is 6. The molecule has 0 fully saturated rings. The van der Waals surface area contributed by atoms with Gasteiger partial charge in [-0.2, -0.15) is 0 Å². The molecule has 1 heterocycles. The van der Waals surface area contributed by atoms with E-state index in [1.54, 1.807) is 29.5 Å². The van der Waals surface area contributed by atoms with Crippen molar-refractivity contribution < 1.29 is 14.3 Å². The Kier molecular flexibility index (Phi) is 6.72. The van der Waals surface area contributed by atoms with Gasteiger partial charge in [0.25, 0.3) is 5.91 Å². The molecule has 7 heteroatoms. The summed E-state index contributed by atoms with van der Waals surface area (Å²) in [6, 6.07) is 12.9. The number of nitrogens with zero attached hydrogens (tertiary/aromatic N) is 2. The average Bonchev–Trinajstić information content (AvgIpc) is 3.24. The fourth-order valence-electron chi connectivity index (χ4n) is 3.03. The summed E-state index contributed by atoms with van der Waals surface area (Å²) in [6.45, 7) is 6.11. The Morgan fingerprint density at radius 3 is 2.21 bits per heavy atom. The van der Waals surface area contributed by atoms with Crippen molar-refractivity contribution in [2.45, 2.75) is 13.8 Å². The molecule has 0 saturated heterocycles. The second-order valence-electron chi connectivity index (χ2n) is 6.26. The van der Waals surface area contributed by atoms with E-state index in [0.29, 0.717) is 22.7 Å². The van der Waals surface area contributed by atoms with E-state index in [2.05, 4.69) is 29.4 Å². The van der Waals surface area contributed by atoms with E-state index in [-0.39, 0.29) is 5.91 Å². The monoisotopic (exact) mass is 411 g/mol. The zero-order chi connectivity index (χ0) is 20.8. The highest BCUT2D eigenvalue weighted by molar-refractivity contribution is 7.14. The molecule has 0 aliphatic rings. The van der Waals surface area contributed by atoms with Crippen LogP contribution in [-0.2, 0) is 0 Å². The van der Waals surface area contributed by atoms with Crippen molar-refractivity contribution in [2.75, 3.05) is 37.5 Å². The predicted molar refractivity (Wildman–Crippen MR) is 119 cm³/mol. The third kappa shape index (κ3) is 4.51. The number of carbonyl (C=O) groups is 1. The van der Waals surface area contributed by atoms with Gasteiger partial charge in [-0.3, -0.25) is 4.79 Å². The van der Waals surface area contributed by atoms with Crippen LogP contribution in [0.5, 0.6) is 11.5 Å². The van der Waals surface area contributed by atoms with Crippen LogP contribution in [0.4, 0.5) is 10.8 Å². The van der Waals surface area contributed by atoms with E-state index in [1.807, 2.05) is 24.3 Å². The summed E-state index contributed by atoms with van der Waals surface area (Å²) >= 11 is 1.64. The van der Waals surface area contributed by atoms with Crippen LogP contribution in [0.3, 0.4) is 0 Å². The normalized spacial score (nSPS) is 10.5. The number of methoxy groups -OCH3 is 2. The van der Waals surface area contributed by atoms with Crippen LogP contribution in [0.1, 0.15) is 24.2 Å². The maximum Gasteiger partial charge on any atom is 0.263 e. The lowest BCUT2D eigenvalue weighted by Gasteiger charge is -2.16. The van der Waals surface area contributed by atoms with Crippen LogP contribution in [0.15, 0.2) is 47.8 Å². The highest BCUT2D eigenvalue weighted by Gasteiger charge is 2.18. The smallest absolute Gasteiger partial charge is 0.263 e. The number of ether oxygens (including phenoxy) is 2. The third-order valence-corrected chi connectivity index (χ3v) is 5.52. The molecule has 3 rings (SSSR count). The minimum Gasteiger partial charge on any atom is -0.496 e. The summed E-state index contributed by atoms with van der Waals surface area (Å²) in [4.78, 5) is 19.7. The van der Waals surface area contributed by atoms with Crippen LogP contribution in [0.2, 0.25) is 0 Å². The first kappa shape index (κ1) is 20.7. The Balaban J connectivity index is 1.77. The van der Waals surface area contributed by atoms with Crippen molar-refractivity contribution in [2.24, 2.45) is 0 Å². The second kappa shape index (κ2) is 9.43.